The second-order valence-electron chi connectivity index (χ2n) is 10.8. The largest absolute Gasteiger partial charge is 0.446 e. The lowest BCUT2D eigenvalue weighted by Gasteiger charge is -2.35. The minimum Gasteiger partial charge on any atom is -0.446 e. The second-order valence-corrected chi connectivity index (χ2v) is 10.8. The lowest BCUT2D eigenvalue weighted by Crippen LogP contribution is -2.48. The SMILES string of the molecule is CC1(NC(=O)c2cc3c(cn2)CCN(C(=O)OC2CCCC2)C3)C=CC=C(C(=N)N2CCCCC2=N)C1. The highest BCUT2D eigenvalue weighted by molar-refractivity contribution is 6.07. The number of hydrogen-bond acceptors (Lipinski definition) is 6. The molecule has 0 radical (unpaired) electrons. The van der Waals surface area contributed by atoms with E-state index < -0.39 is 5.54 Å². The maximum Gasteiger partial charge on any atom is 0.410 e. The molecule has 2 aliphatic carbocycles. The van der Waals surface area contributed by atoms with Crippen molar-refractivity contribution < 1.29 is 14.3 Å². The Morgan fingerprint density at radius 1 is 1.14 bits per heavy atom. The van der Waals surface area contributed by atoms with Gasteiger partial charge in [0, 0.05) is 38.7 Å². The molecule has 0 aromatic carbocycles. The highest BCUT2D eigenvalue weighted by atomic mass is 16.6. The van der Waals surface area contributed by atoms with E-state index in [0.717, 1.165) is 55.2 Å². The van der Waals surface area contributed by atoms with Crippen LogP contribution in [0.25, 0.3) is 0 Å². The summed E-state index contributed by atoms with van der Waals surface area (Å²) in [7, 11) is 0. The normalized spacial score (nSPS) is 23.9. The third kappa shape index (κ3) is 5.60. The van der Waals surface area contributed by atoms with E-state index in [9.17, 15) is 9.59 Å². The number of likely N-dealkylation sites (tertiary alicyclic amines) is 1. The summed E-state index contributed by atoms with van der Waals surface area (Å²) in [4.78, 5) is 33.8. The van der Waals surface area contributed by atoms with Gasteiger partial charge in [0.1, 0.15) is 23.5 Å². The van der Waals surface area contributed by atoms with Crippen molar-refractivity contribution in [1.29, 1.82) is 10.8 Å². The fourth-order valence-electron chi connectivity index (χ4n) is 5.66. The molecule has 9 nitrogen and oxygen atoms in total. The first kappa shape index (κ1) is 25.2. The van der Waals surface area contributed by atoms with Crippen LogP contribution in [0, 0.1) is 10.8 Å². The van der Waals surface area contributed by atoms with Crippen molar-refractivity contribution in [3.8, 4) is 0 Å². The van der Waals surface area contributed by atoms with Crippen LogP contribution in [0.2, 0.25) is 0 Å². The number of rotatable bonds is 4. The first-order valence-electron chi connectivity index (χ1n) is 13.4. The smallest absolute Gasteiger partial charge is 0.410 e. The molecule has 2 fully saturated rings. The Morgan fingerprint density at radius 2 is 1.95 bits per heavy atom. The molecule has 2 aliphatic heterocycles. The first-order valence-corrected chi connectivity index (χ1v) is 13.4. The lowest BCUT2D eigenvalue weighted by atomic mass is 9.87. The zero-order chi connectivity index (χ0) is 26.0. The Hall–Kier alpha value is -3.49. The van der Waals surface area contributed by atoms with Crippen molar-refractivity contribution in [3.63, 3.8) is 0 Å². The number of amides is 2. The van der Waals surface area contributed by atoms with Gasteiger partial charge in [-0.3, -0.25) is 20.6 Å². The number of nitrogens with one attached hydrogen (secondary N) is 3. The molecule has 2 amide bonds. The van der Waals surface area contributed by atoms with Crippen molar-refractivity contribution in [2.75, 3.05) is 13.1 Å². The van der Waals surface area contributed by atoms with Crippen molar-refractivity contribution in [2.45, 2.75) is 82.9 Å². The average molecular weight is 505 g/mol. The van der Waals surface area contributed by atoms with Gasteiger partial charge in [0.15, 0.2) is 0 Å². The molecule has 4 aliphatic rings. The number of nitrogens with zero attached hydrogens (tertiary/aromatic N) is 3. The Labute approximate surface area is 218 Å². The van der Waals surface area contributed by atoms with Crippen molar-refractivity contribution in [3.05, 3.63) is 52.9 Å². The van der Waals surface area contributed by atoms with Gasteiger partial charge in [0.25, 0.3) is 5.91 Å². The summed E-state index contributed by atoms with van der Waals surface area (Å²) < 4.78 is 5.68. The zero-order valence-corrected chi connectivity index (χ0v) is 21.5. The third-order valence-electron chi connectivity index (χ3n) is 7.82. The number of pyridine rings is 1. The van der Waals surface area contributed by atoms with Gasteiger partial charge in [-0.1, -0.05) is 18.2 Å². The van der Waals surface area contributed by atoms with E-state index in [-0.39, 0.29) is 18.1 Å². The van der Waals surface area contributed by atoms with Crippen molar-refractivity contribution >= 4 is 23.7 Å². The van der Waals surface area contributed by atoms with Gasteiger partial charge < -0.3 is 19.9 Å². The summed E-state index contributed by atoms with van der Waals surface area (Å²) in [6.07, 6.45) is 15.1. The highest BCUT2D eigenvalue weighted by Crippen LogP contribution is 2.27. The number of amidine groups is 2. The van der Waals surface area contributed by atoms with Crippen LogP contribution in [0.5, 0.6) is 0 Å². The summed E-state index contributed by atoms with van der Waals surface area (Å²) >= 11 is 0. The standard InChI is InChI=1S/C28H36N6O3/c1-28(12-6-7-19(16-28)25(30)34-13-5-4-10-24(34)29)32-26(35)23-15-21-18-33(14-11-20(21)17-31-23)27(36)37-22-8-2-3-9-22/h6-7,12,15,17,22,29-30H,2-5,8-11,13-14,16,18H2,1H3,(H,32,35). The quantitative estimate of drug-likeness (QED) is 0.416. The predicted molar refractivity (Wildman–Crippen MR) is 141 cm³/mol. The van der Waals surface area contributed by atoms with Crippen molar-refractivity contribution in [1.82, 2.24) is 20.1 Å². The molecule has 1 aromatic heterocycles. The number of hydrogen-bond donors (Lipinski definition) is 3. The predicted octanol–water partition coefficient (Wildman–Crippen LogP) is 4.33. The minimum absolute atomic E-state index is 0.0258. The van der Waals surface area contributed by atoms with E-state index in [2.05, 4.69) is 10.3 Å². The number of fused-ring (bicyclic) bond motifs is 1. The molecule has 0 bridgehead atoms. The number of carbonyl (C=O) groups is 2. The Kier molecular flexibility index (Phi) is 7.13. The maximum atomic E-state index is 13.2. The van der Waals surface area contributed by atoms with Crippen molar-refractivity contribution in [2.24, 2.45) is 0 Å². The third-order valence-corrected chi connectivity index (χ3v) is 7.82. The lowest BCUT2D eigenvalue weighted by molar-refractivity contribution is 0.0618. The molecule has 3 N–H and O–H groups in total. The monoisotopic (exact) mass is 504 g/mol. The van der Waals surface area contributed by atoms with Crippen LogP contribution in [0.3, 0.4) is 0 Å². The molecular weight excluding hydrogens is 468 g/mol. The number of ether oxygens (including phenoxy) is 1. The zero-order valence-electron chi connectivity index (χ0n) is 21.5. The van der Waals surface area contributed by atoms with Crippen LogP contribution in [-0.4, -0.2) is 63.2 Å². The molecule has 1 saturated carbocycles. The van der Waals surface area contributed by atoms with E-state index in [1.165, 1.54) is 0 Å². The van der Waals surface area contributed by atoms with E-state index >= 15 is 0 Å². The van der Waals surface area contributed by atoms with Crippen LogP contribution in [-0.2, 0) is 17.7 Å². The first-order chi connectivity index (χ1) is 17.8. The van der Waals surface area contributed by atoms with Crippen LogP contribution >= 0.6 is 0 Å². The Balaban J connectivity index is 1.23. The van der Waals surface area contributed by atoms with Crippen LogP contribution < -0.4 is 5.32 Å². The fourth-order valence-corrected chi connectivity index (χ4v) is 5.66. The van der Waals surface area contributed by atoms with Crippen LogP contribution in [0.4, 0.5) is 4.79 Å². The van der Waals surface area contributed by atoms with Gasteiger partial charge >= 0.3 is 6.09 Å². The topological polar surface area (TPSA) is 122 Å². The van der Waals surface area contributed by atoms with E-state index in [1.807, 2.05) is 25.2 Å². The summed E-state index contributed by atoms with van der Waals surface area (Å²) in [5, 5.41) is 20.0. The molecule has 1 aromatic rings. The molecule has 9 heteroatoms. The van der Waals surface area contributed by atoms with E-state index in [0.29, 0.717) is 56.3 Å². The molecule has 0 spiro atoms. The summed E-state index contributed by atoms with van der Waals surface area (Å²) in [5.41, 5.74) is 2.40. The Bertz CT molecular complexity index is 1170. The average Bonchev–Trinajstić information content (AvgIpc) is 3.40. The number of allylic oxidation sites excluding steroid dienone is 2. The molecular formula is C28H36N6O3. The van der Waals surface area contributed by atoms with Gasteiger partial charge in [0.05, 0.1) is 5.54 Å². The molecule has 1 saturated heterocycles. The summed E-state index contributed by atoms with van der Waals surface area (Å²) in [6.45, 7) is 3.62. The van der Waals surface area contributed by atoms with E-state index in [1.54, 1.807) is 22.1 Å². The molecule has 1 unspecified atom stereocenters. The highest BCUT2D eigenvalue weighted by Gasteiger charge is 2.32. The van der Waals surface area contributed by atoms with Gasteiger partial charge in [-0.2, -0.15) is 0 Å². The van der Waals surface area contributed by atoms with Crippen LogP contribution in [0.15, 0.2) is 36.1 Å². The molecule has 1 atom stereocenters. The Morgan fingerprint density at radius 3 is 2.73 bits per heavy atom. The molecule has 37 heavy (non-hydrogen) atoms. The molecule has 196 valence electrons. The maximum absolute atomic E-state index is 13.2. The second kappa shape index (κ2) is 10.5. The van der Waals surface area contributed by atoms with E-state index in [4.69, 9.17) is 15.6 Å². The van der Waals surface area contributed by atoms with Gasteiger partial charge in [-0.25, -0.2) is 4.79 Å². The van der Waals surface area contributed by atoms with Crippen LogP contribution in [0.1, 0.15) is 79.9 Å². The number of piperidine rings is 1. The number of aromatic nitrogens is 1. The van der Waals surface area contributed by atoms with Gasteiger partial charge in [-0.05, 0) is 74.6 Å². The fraction of sp³-hybridized carbons (Fsp3) is 0.536. The van der Waals surface area contributed by atoms with Gasteiger partial charge in [0.2, 0.25) is 0 Å². The molecule has 3 heterocycles. The minimum atomic E-state index is -0.680. The summed E-state index contributed by atoms with van der Waals surface area (Å²) in [6, 6.07) is 1.78. The molecule has 5 rings (SSSR count). The van der Waals surface area contributed by atoms with Gasteiger partial charge in [-0.15, -0.1) is 0 Å². The number of carbonyl (C=O) groups excluding carboxylic acids is 2. The summed E-state index contributed by atoms with van der Waals surface area (Å²) in [5.74, 6) is 0.530.